The van der Waals surface area contributed by atoms with Crippen molar-refractivity contribution in [1.82, 2.24) is 0 Å². The van der Waals surface area contributed by atoms with Gasteiger partial charge in [0.05, 0.1) is 6.26 Å². The number of hydrogen-bond donors (Lipinski definition) is 0. The van der Waals surface area contributed by atoms with E-state index in [1.165, 1.54) is 0 Å². The zero-order chi connectivity index (χ0) is 6.78. The van der Waals surface area contributed by atoms with E-state index in [2.05, 4.69) is 29.7 Å². The van der Waals surface area contributed by atoms with E-state index in [1.54, 1.807) is 0 Å². The van der Waals surface area contributed by atoms with Crippen molar-refractivity contribution in [3.63, 3.8) is 0 Å². The Kier molecular flexibility index (Phi) is 16.9. The van der Waals surface area contributed by atoms with Gasteiger partial charge < -0.3 is 25.3 Å². The minimum Gasteiger partial charge on any atom is -0.788 e. The van der Waals surface area contributed by atoms with E-state index >= 15 is 0 Å². The minimum absolute atomic E-state index is 0. The second kappa shape index (κ2) is 8.91. The van der Waals surface area contributed by atoms with Gasteiger partial charge >= 0.3 is 103 Å². The SMILES string of the molecule is CS(=O)(=O)N=C([S-])[S-].[K+].[K+]. The molecule has 0 aliphatic rings. The molecule has 0 N–H and O–H groups in total. The fourth-order valence-corrected chi connectivity index (χ4v) is 1.22. The first-order valence-corrected chi connectivity index (χ1v) is 4.22. The van der Waals surface area contributed by atoms with Crippen LogP contribution in [-0.4, -0.2) is 19.0 Å². The molecule has 0 unspecified atom stereocenters. The maximum absolute atomic E-state index is 10.1. The Hall–Kier alpha value is 3.33. The van der Waals surface area contributed by atoms with Crippen molar-refractivity contribution in [2.75, 3.05) is 6.26 Å². The molecule has 10 heavy (non-hydrogen) atoms. The van der Waals surface area contributed by atoms with E-state index < -0.39 is 10.0 Å². The average Bonchev–Trinajstić information content (AvgIpc) is 1.21. The zero-order valence-electron chi connectivity index (χ0n) is 5.99. The smallest absolute Gasteiger partial charge is 0.788 e. The Morgan fingerprint density at radius 2 is 1.60 bits per heavy atom. The van der Waals surface area contributed by atoms with Gasteiger partial charge in [0.25, 0.3) is 0 Å². The molecule has 0 saturated carbocycles. The van der Waals surface area contributed by atoms with E-state index in [1.807, 2.05) is 0 Å². The van der Waals surface area contributed by atoms with Crippen LogP contribution in [0.2, 0.25) is 0 Å². The molecule has 0 atom stereocenters. The van der Waals surface area contributed by atoms with Gasteiger partial charge in [-0.15, -0.1) is 0 Å². The molecule has 8 heteroatoms. The first kappa shape index (κ1) is 19.0. The van der Waals surface area contributed by atoms with Gasteiger partial charge in [0.2, 0.25) is 10.0 Å². The second-order valence-corrected chi connectivity index (χ2v) is 3.77. The van der Waals surface area contributed by atoms with Crippen LogP contribution in [-0.2, 0) is 35.3 Å². The first-order valence-electron chi connectivity index (χ1n) is 1.56. The summed E-state index contributed by atoms with van der Waals surface area (Å²) in [6.45, 7) is 0. The molecule has 0 aromatic rings. The third-order valence-electron chi connectivity index (χ3n) is 0.240. The van der Waals surface area contributed by atoms with Gasteiger partial charge in [-0.25, -0.2) is 17.2 Å². The summed E-state index contributed by atoms with van der Waals surface area (Å²) < 4.78 is 22.9. The van der Waals surface area contributed by atoms with Crippen molar-refractivity contribution in [1.29, 1.82) is 0 Å². The van der Waals surface area contributed by atoms with E-state index in [0.29, 0.717) is 0 Å². The first-order chi connectivity index (χ1) is 3.42. The molecule has 0 rings (SSSR count). The molecular weight excluding hydrogens is 244 g/mol. The van der Waals surface area contributed by atoms with Crippen LogP contribution >= 0.6 is 0 Å². The summed E-state index contributed by atoms with van der Waals surface area (Å²) in [4.78, 5) is 0. The maximum atomic E-state index is 10.1. The fraction of sp³-hybridized carbons (Fsp3) is 0.500. The van der Waals surface area contributed by atoms with Crippen molar-refractivity contribution in [3.05, 3.63) is 0 Å². The molecule has 0 bridgehead atoms. The number of sulfonamides is 1. The molecule has 0 aromatic heterocycles. The van der Waals surface area contributed by atoms with Gasteiger partial charge in [-0.05, 0) is 0 Å². The van der Waals surface area contributed by atoms with Crippen molar-refractivity contribution < 1.29 is 111 Å². The topological polar surface area (TPSA) is 46.5 Å². The van der Waals surface area contributed by atoms with Crippen LogP contribution in [0.15, 0.2) is 4.40 Å². The van der Waals surface area contributed by atoms with Gasteiger partial charge in [-0.1, -0.05) is 0 Å². The molecule has 48 valence electrons. The summed E-state index contributed by atoms with van der Waals surface area (Å²) in [7, 11) is -3.34. The third-order valence-corrected chi connectivity index (χ3v) is 1.17. The van der Waals surface area contributed by atoms with Crippen LogP contribution in [0, 0.1) is 0 Å². The summed E-state index contributed by atoms with van der Waals surface area (Å²) in [5.74, 6) is 0. The van der Waals surface area contributed by atoms with Crippen LogP contribution in [0.25, 0.3) is 0 Å². The standard InChI is InChI=1S/C2H5NO2S3.2K/c1-8(4,5)3-2(6)7;;/h1H3,(H2,3,6,7);;/q;2*+1/p-2. The van der Waals surface area contributed by atoms with Crippen molar-refractivity contribution in [2.24, 2.45) is 4.40 Å². The van der Waals surface area contributed by atoms with Gasteiger partial charge in [0.15, 0.2) is 0 Å². The van der Waals surface area contributed by atoms with Crippen molar-refractivity contribution >= 4 is 39.7 Å². The maximum Gasteiger partial charge on any atom is 1.00 e. The van der Waals surface area contributed by atoms with Crippen LogP contribution < -0.4 is 103 Å². The fourth-order valence-electron chi connectivity index (χ4n) is 0.135. The Bertz CT molecular complexity index is 195. The monoisotopic (exact) mass is 247 g/mol. The van der Waals surface area contributed by atoms with Gasteiger partial charge in [0, 0.05) is 0 Å². The predicted molar refractivity (Wildman–Crippen MR) is 37.0 cm³/mol. The Morgan fingerprint density at radius 3 is 1.60 bits per heavy atom. The third kappa shape index (κ3) is 17.4. The summed E-state index contributed by atoms with van der Waals surface area (Å²) in [5, 5.41) is 0. The summed E-state index contributed by atoms with van der Waals surface area (Å²) >= 11 is 8.43. The molecule has 0 aromatic carbocycles. The summed E-state index contributed by atoms with van der Waals surface area (Å²) in [5.41, 5.74) is 0. The molecule has 0 amide bonds. The Morgan fingerprint density at radius 1 is 1.30 bits per heavy atom. The largest absolute Gasteiger partial charge is 1.00 e. The molecule has 0 fully saturated rings. The predicted octanol–water partition coefficient (Wildman–Crippen LogP) is -6.60. The van der Waals surface area contributed by atoms with Crippen molar-refractivity contribution in [2.45, 2.75) is 0 Å². The van der Waals surface area contributed by atoms with Gasteiger partial charge in [-0.2, -0.15) is 0 Å². The normalized spacial score (nSPS) is 8.50. The van der Waals surface area contributed by atoms with Crippen LogP contribution in [0.4, 0.5) is 0 Å². The van der Waals surface area contributed by atoms with E-state index in [0.717, 1.165) is 6.26 Å². The number of rotatable bonds is 1. The van der Waals surface area contributed by atoms with Gasteiger partial charge in [0.1, 0.15) is 0 Å². The summed E-state index contributed by atoms with van der Waals surface area (Å²) in [6.07, 6.45) is 0.936. The molecule has 0 aliphatic heterocycles. The summed E-state index contributed by atoms with van der Waals surface area (Å²) in [6, 6.07) is 0. The van der Waals surface area contributed by atoms with E-state index in [-0.39, 0.29) is 107 Å². The molecular formula is C2H3K2NO2S3. The Labute approximate surface area is 157 Å². The minimum atomic E-state index is -3.34. The Balaban J connectivity index is -0.000000245. The van der Waals surface area contributed by atoms with E-state index in [9.17, 15) is 8.42 Å². The number of nitrogens with zero attached hydrogens (tertiary/aromatic N) is 1. The average molecular weight is 247 g/mol. The molecule has 0 saturated heterocycles. The van der Waals surface area contributed by atoms with Crippen LogP contribution in [0.5, 0.6) is 0 Å². The van der Waals surface area contributed by atoms with Crippen molar-refractivity contribution in [3.8, 4) is 0 Å². The molecule has 0 radical (unpaired) electrons. The van der Waals surface area contributed by atoms with E-state index in [4.69, 9.17) is 0 Å². The molecule has 3 nitrogen and oxygen atoms in total. The molecule has 0 spiro atoms. The van der Waals surface area contributed by atoms with Gasteiger partial charge in [-0.3, -0.25) is 0 Å². The quantitative estimate of drug-likeness (QED) is 0.200. The van der Waals surface area contributed by atoms with Crippen LogP contribution in [0.3, 0.4) is 0 Å². The molecule has 0 heterocycles. The second-order valence-electron chi connectivity index (χ2n) is 1.09. The number of hydrogen-bond acceptors (Lipinski definition) is 4. The van der Waals surface area contributed by atoms with Crippen LogP contribution in [0.1, 0.15) is 0 Å². The zero-order valence-corrected chi connectivity index (χ0v) is 14.7. The molecule has 0 aliphatic carbocycles.